The van der Waals surface area contributed by atoms with Gasteiger partial charge in [-0.15, -0.1) is 0 Å². The van der Waals surface area contributed by atoms with E-state index in [0.717, 1.165) is 17.0 Å². The fourth-order valence-electron chi connectivity index (χ4n) is 2.48. The molecule has 0 fully saturated rings. The second kappa shape index (κ2) is 6.75. The van der Waals surface area contributed by atoms with E-state index in [-0.39, 0.29) is 11.9 Å². The lowest BCUT2D eigenvalue weighted by atomic mass is 10.1. The van der Waals surface area contributed by atoms with E-state index < -0.39 is 0 Å². The average molecular weight is 310 g/mol. The molecule has 0 aliphatic heterocycles. The first-order chi connectivity index (χ1) is 11.1. The standard InChI is InChI=1S/C19H19FN2O/c1-13(16-10-6-7-11-17(16)20)21-12-18-14(2)23-19(22-18)15-8-4-3-5-9-15/h3-11,13,21H,12H2,1-2H3/t13-/m1/s1. The molecule has 0 amide bonds. The van der Waals surface area contributed by atoms with Crippen molar-refractivity contribution < 1.29 is 8.81 Å². The summed E-state index contributed by atoms with van der Waals surface area (Å²) in [5, 5.41) is 3.30. The molecule has 0 unspecified atom stereocenters. The topological polar surface area (TPSA) is 38.1 Å². The first-order valence-electron chi connectivity index (χ1n) is 7.64. The maximum atomic E-state index is 13.8. The van der Waals surface area contributed by atoms with Crippen LogP contribution in [0.4, 0.5) is 4.39 Å². The SMILES string of the molecule is Cc1oc(-c2ccccc2)nc1CN[C@H](C)c1ccccc1F. The van der Waals surface area contributed by atoms with E-state index >= 15 is 0 Å². The minimum atomic E-state index is -0.200. The van der Waals surface area contributed by atoms with Gasteiger partial charge in [-0.1, -0.05) is 36.4 Å². The zero-order valence-electron chi connectivity index (χ0n) is 13.2. The van der Waals surface area contributed by atoms with Gasteiger partial charge < -0.3 is 9.73 Å². The van der Waals surface area contributed by atoms with Crippen LogP contribution in [-0.4, -0.2) is 4.98 Å². The molecular formula is C19H19FN2O. The van der Waals surface area contributed by atoms with Crippen LogP contribution in [0.3, 0.4) is 0 Å². The maximum Gasteiger partial charge on any atom is 0.226 e. The van der Waals surface area contributed by atoms with Gasteiger partial charge in [-0.2, -0.15) is 0 Å². The van der Waals surface area contributed by atoms with E-state index in [1.165, 1.54) is 6.07 Å². The summed E-state index contributed by atoms with van der Waals surface area (Å²) in [6, 6.07) is 16.5. The third kappa shape index (κ3) is 3.48. The van der Waals surface area contributed by atoms with Gasteiger partial charge in [0.15, 0.2) is 0 Å². The molecule has 0 aliphatic carbocycles. The Morgan fingerprint density at radius 2 is 1.78 bits per heavy atom. The Hall–Kier alpha value is -2.46. The molecular weight excluding hydrogens is 291 g/mol. The predicted molar refractivity (Wildman–Crippen MR) is 88.3 cm³/mol. The minimum Gasteiger partial charge on any atom is -0.441 e. The number of oxazole rings is 1. The number of nitrogens with zero attached hydrogens (tertiary/aromatic N) is 1. The van der Waals surface area contributed by atoms with Gasteiger partial charge in [0.2, 0.25) is 5.89 Å². The van der Waals surface area contributed by atoms with Crippen molar-refractivity contribution >= 4 is 0 Å². The van der Waals surface area contributed by atoms with Crippen molar-refractivity contribution in [2.24, 2.45) is 0 Å². The molecule has 0 saturated heterocycles. The summed E-state index contributed by atoms with van der Waals surface area (Å²) in [7, 11) is 0. The number of benzene rings is 2. The van der Waals surface area contributed by atoms with Crippen LogP contribution >= 0.6 is 0 Å². The first kappa shape index (κ1) is 15.4. The number of hydrogen-bond donors (Lipinski definition) is 1. The third-order valence-electron chi connectivity index (χ3n) is 3.86. The Balaban J connectivity index is 1.72. The number of aromatic nitrogens is 1. The summed E-state index contributed by atoms with van der Waals surface area (Å²) in [5.74, 6) is 1.19. The van der Waals surface area contributed by atoms with Crippen molar-refractivity contribution in [3.05, 3.63) is 77.4 Å². The van der Waals surface area contributed by atoms with Gasteiger partial charge in [0.25, 0.3) is 0 Å². The lowest BCUT2D eigenvalue weighted by molar-refractivity contribution is 0.513. The minimum absolute atomic E-state index is 0.104. The number of nitrogens with one attached hydrogen (secondary N) is 1. The Kier molecular flexibility index (Phi) is 4.53. The third-order valence-corrected chi connectivity index (χ3v) is 3.86. The molecule has 4 heteroatoms. The van der Waals surface area contributed by atoms with Crippen molar-refractivity contribution in [2.45, 2.75) is 26.4 Å². The van der Waals surface area contributed by atoms with Gasteiger partial charge in [-0.3, -0.25) is 0 Å². The van der Waals surface area contributed by atoms with Crippen LogP contribution in [0.15, 0.2) is 59.0 Å². The summed E-state index contributed by atoms with van der Waals surface area (Å²) in [4.78, 5) is 4.55. The lowest BCUT2D eigenvalue weighted by Gasteiger charge is -2.14. The highest BCUT2D eigenvalue weighted by molar-refractivity contribution is 5.53. The Morgan fingerprint density at radius 3 is 2.52 bits per heavy atom. The van der Waals surface area contributed by atoms with Crippen molar-refractivity contribution in [2.75, 3.05) is 0 Å². The lowest BCUT2D eigenvalue weighted by Crippen LogP contribution is -2.19. The molecule has 0 radical (unpaired) electrons. The van der Waals surface area contributed by atoms with E-state index in [0.29, 0.717) is 18.0 Å². The molecule has 2 aromatic carbocycles. The molecule has 1 aromatic heterocycles. The van der Waals surface area contributed by atoms with Gasteiger partial charge in [-0.25, -0.2) is 9.37 Å². The van der Waals surface area contributed by atoms with Gasteiger partial charge in [0, 0.05) is 23.7 Å². The molecule has 1 atom stereocenters. The molecule has 118 valence electrons. The zero-order valence-corrected chi connectivity index (χ0v) is 13.2. The van der Waals surface area contributed by atoms with Crippen LogP contribution in [-0.2, 0) is 6.54 Å². The van der Waals surface area contributed by atoms with Crippen LogP contribution in [0.1, 0.15) is 30.0 Å². The van der Waals surface area contributed by atoms with Crippen molar-refractivity contribution in [1.29, 1.82) is 0 Å². The summed E-state index contributed by atoms with van der Waals surface area (Å²) in [5.41, 5.74) is 2.44. The molecule has 3 rings (SSSR count). The monoisotopic (exact) mass is 310 g/mol. The number of halogens is 1. The number of aryl methyl sites for hydroxylation is 1. The first-order valence-corrected chi connectivity index (χ1v) is 7.64. The van der Waals surface area contributed by atoms with Gasteiger partial charge in [-0.05, 0) is 32.0 Å². The predicted octanol–water partition coefficient (Wildman–Crippen LogP) is 4.64. The van der Waals surface area contributed by atoms with E-state index in [2.05, 4.69) is 10.3 Å². The summed E-state index contributed by atoms with van der Waals surface area (Å²) in [6.45, 7) is 4.35. The maximum absolute atomic E-state index is 13.8. The summed E-state index contributed by atoms with van der Waals surface area (Å²) < 4.78 is 19.5. The van der Waals surface area contributed by atoms with Crippen LogP contribution < -0.4 is 5.32 Å². The molecule has 0 bridgehead atoms. The summed E-state index contributed by atoms with van der Waals surface area (Å²) in [6.07, 6.45) is 0. The second-order valence-corrected chi connectivity index (χ2v) is 5.51. The average Bonchev–Trinajstić information content (AvgIpc) is 2.95. The Labute approximate surface area is 135 Å². The molecule has 1 N–H and O–H groups in total. The van der Waals surface area contributed by atoms with Crippen molar-refractivity contribution in [3.8, 4) is 11.5 Å². The molecule has 3 nitrogen and oxygen atoms in total. The highest BCUT2D eigenvalue weighted by atomic mass is 19.1. The highest BCUT2D eigenvalue weighted by Crippen LogP contribution is 2.22. The molecule has 3 aromatic rings. The Morgan fingerprint density at radius 1 is 1.09 bits per heavy atom. The van der Waals surface area contributed by atoms with Crippen LogP contribution in [0.25, 0.3) is 11.5 Å². The largest absolute Gasteiger partial charge is 0.441 e. The molecule has 0 saturated carbocycles. The molecule has 0 spiro atoms. The van der Waals surface area contributed by atoms with Crippen molar-refractivity contribution in [3.63, 3.8) is 0 Å². The number of hydrogen-bond acceptors (Lipinski definition) is 3. The van der Waals surface area contributed by atoms with E-state index in [9.17, 15) is 4.39 Å². The van der Waals surface area contributed by atoms with Crippen molar-refractivity contribution in [1.82, 2.24) is 10.3 Å². The van der Waals surface area contributed by atoms with Crippen LogP contribution in [0.5, 0.6) is 0 Å². The quantitative estimate of drug-likeness (QED) is 0.746. The summed E-state index contributed by atoms with van der Waals surface area (Å²) >= 11 is 0. The highest BCUT2D eigenvalue weighted by Gasteiger charge is 2.14. The van der Waals surface area contributed by atoms with E-state index in [4.69, 9.17) is 4.42 Å². The second-order valence-electron chi connectivity index (χ2n) is 5.51. The van der Waals surface area contributed by atoms with Gasteiger partial charge in [0.05, 0.1) is 5.69 Å². The van der Waals surface area contributed by atoms with Crippen LogP contribution in [0, 0.1) is 12.7 Å². The molecule has 0 aliphatic rings. The smallest absolute Gasteiger partial charge is 0.226 e. The normalized spacial score (nSPS) is 12.3. The fourth-order valence-corrected chi connectivity index (χ4v) is 2.48. The zero-order chi connectivity index (χ0) is 16.2. The molecule has 23 heavy (non-hydrogen) atoms. The fraction of sp³-hybridized carbons (Fsp3) is 0.211. The Bertz CT molecular complexity index is 783. The van der Waals surface area contributed by atoms with Crippen LogP contribution in [0.2, 0.25) is 0 Å². The van der Waals surface area contributed by atoms with E-state index in [1.54, 1.807) is 12.1 Å². The molecule has 1 heterocycles. The van der Waals surface area contributed by atoms with Gasteiger partial charge in [0.1, 0.15) is 11.6 Å². The van der Waals surface area contributed by atoms with E-state index in [1.807, 2.05) is 50.2 Å². The van der Waals surface area contributed by atoms with Gasteiger partial charge >= 0.3 is 0 Å². The number of rotatable bonds is 5.